The fraction of sp³-hybridized carbons (Fsp3) is 0.0161. The summed E-state index contributed by atoms with van der Waals surface area (Å²) < 4.78 is 9.56. The highest BCUT2D eigenvalue weighted by molar-refractivity contribution is 6.25. The van der Waals surface area contributed by atoms with Gasteiger partial charge in [-0.3, -0.25) is 4.57 Å². The summed E-state index contributed by atoms with van der Waals surface area (Å²) in [6, 6.07) is 80.4. The Kier molecular flexibility index (Phi) is 8.00. The average Bonchev–Trinajstić information content (AvgIpc) is 4.14. The van der Waals surface area contributed by atoms with Crippen molar-refractivity contribution < 1.29 is 0 Å². The van der Waals surface area contributed by atoms with Crippen LogP contribution in [0.25, 0.3) is 127 Å². The van der Waals surface area contributed by atoms with Crippen molar-refractivity contribution in [2.45, 2.75) is 6.54 Å². The smallest absolute Gasteiger partial charge is 0.238 e. The Bertz CT molecular complexity index is 4570. The number of para-hydroxylation sites is 6. The molecule has 0 aliphatic heterocycles. The van der Waals surface area contributed by atoms with Gasteiger partial charge in [-0.25, -0.2) is 4.98 Å². The zero-order chi connectivity index (χ0) is 45.2. The number of fused-ring (bicyclic) bond motifs is 15. The van der Waals surface area contributed by atoms with Gasteiger partial charge in [0.2, 0.25) is 5.95 Å². The van der Waals surface area contributed by atoms with Gasteiger partial charge in [0.05, 0.1) is 45.2 Å². The molecule has 0 atom stereocenters. The van der Waals surface area contributed by atoms with Crippen molar-refractivity contribution in [2.75, 3.05) is 0 Å². The quantitative estimate of drug-likeness (QED) is 0.167. The van der Waals surface area contributed by atoms with E-state index in [9.17, 15) is 0 Å². The van der Waals surface area contributed by atoms with Crippen molar-refractivity contribution in [2.24, 2.45) is 0 Å². The average molecular weight is 882 g/mol. The Hall–Kier alpha value is -9.33. The third-order valence-corrected chi connectivity index (χ3v) is 14.2. The maximum atomic E-state index is 5.62. The summed E-state index contributed by atoms with van der Waals surface area (Å²) in [6.45, 7) is 0.395. The number of aromatic nitrogens is 7. The normalized spacial score (nSPS) is 12.1. The van der Waals surface area contributed by atoms with E-state index in [-0.39, 0.29) is 0 Å². The summed E-state index contributed by atoms with van der Waals surface area (Å²) in [5.41, 5.74) is 12.0. The Balaban J connectivity index is 1.06. The van der Waals surface area contributed by atoms with E-state index in [1.54, 1.807) is 0 Å². The summed E-state index contributed by atoms with van der Waals surface area (Å²) in [6.07, 6.45) is 0. The second-order valence-corrected chi connectivity index (χ2v) is 18.0. The minimum Gasteiger partial charge on any atom is -0.331 e. The highest BCUT2D eigenvalue weighted by atomic mass is 15.2. The zero-order valence-corrected chi connectivity index (χ0v) is 37.2. The first kappa shape index (κ1) is 37.8. The van der Waals surface area contributed by atoms with E-state index in [1.807, 2.05) is 0 Å². The molecule has 15 aromatic rings. The lowest BCUT2D eigenvalue weighted by molar-refractivity contribution is 0.770. The second kappa shape index (κ2) is 14.6. The molecule has 7 nitrogen and oxygen atoms in total. The molecule has 7 heteroatoms. The topological polar surface area (TPSA) is 58.4 Å². The summed E-state index contributed by atoms with van der Waals surface area (Å²) in [5.74, 6) is 1.84. The van der Waals surface area contributed by atoms with Crippen molar-refractivity contribution in [1.82, 2.24) is 33.2 Å². The number of nitrogens with zero attached hydrogens (tertiary/aromatic N) is 7. The first-order valence-electron chi connectivity index (χ1n) is 23.5. The van der Waals surface area contributed by atoms with E-state index in [0.717, 1.165) is 88.0 Å². The largest absolute Gasteiger partial charge is 0.331 e. The SMILES string of the molecule is c1ccc(-n2c3ccccc3c3ccc4c5ccccc5n(Cc5nc(-c6ccc7ccccc7c6)nc(-n6c7ccccc7c7ccc8c9ccccc9n(-c9ccccc9)c8c76)n5)c4c32)cc1. The van der Waals surface area contributed by atoms with Crippen molar-refractivity contribution in [3.05, 3.63) is 230 Å². The molecule has 0 spiro atoms. The van der Waals surface area contributed by atoms with Crippen LogP contribution in [0.1, 0.15) is 5.82 Å². The van der Waals surface area contributed by atoms with Gasteiger partial charge in [-0.2, -0.15) is 9.97 Å². The lowest BCUT2D eigenvalue weighted by Crippen LogP contribution is -2.12. The molecule has 0 bridgehead atoms. The van der Waals surface area contributed by atoms with E-state index < -0.39 is 0 Å². The monoisotopic (exact) mass is 881 g/mol. The minimum absolute atomic E-state index is 0.395. The molecule has 0 saturated carbocycles. The van der Waals surface area contributed by atoms with Crippen LogP contribution in [0.3, 0.4) is 0 Å². The lowest BCUT2D eigenvalue weighted by atomic mass is 10.1. The van der Waals surface area contributed by atoms with Crippen LogP contribution in [0.5, 0.6) is 0 Å². The highest BCUT2D eigenvalue weighted by Crippen LogP contribution is 2.43. The van der Waals surface area contributed by atoms with Crippen LogP contribution in [0.15, 0.2) is 224 Å². The van der Waals surface area contributed by atoms with E-state index in [0.29, 0.717) is 24.1 Å². The Labute approximate surface area is 395 Å². The molecule has 0 radical (unpaired) electrons. The molecule has 69 heavy (non-hydrogen) atoms. The minimum atomic E-state index is 0.395. The number of hydrogen-bond acceptors (Lipinski definition) is 3. The summed E-state index contributed by atoms with van der Waals surface area (Å²) in [7, 11) is 0. The molecule has 0 amide bonds. The molecule has 0 aliphatic rings. The van der Waals surface area contributed by atoms with Crippen molar-refractivity contribution in [3.63, 3.8) is 0 Å². The molecule has 15 rings (SSSR count). The number of benzene rings is 10. The summed E-state index contributed by atoms with van der Waals surface area (Å²) >= 11 is 0. The van der Waals surface area contributed by atoms with E-state index >= 15 is 0 Å². The van der Waals surface area contributed by atoms with Crippen LogP contribution in [0.4, 0.5) is 0 Å². The maximum absolute atomic E-state index is 5.62. The molecule has 0 fully saturated rings. The van der Waals surface area contributed by atoms with Crippen LogP contribution in [-0.2, 0) is 6.54 Å². The molecule has 0 aliphatic carbocycles. The summed E-state index contributed by atoms with van der Waals surface area (Å²) in [4.78, 5) is 16.6. The van der Waals surface area contributed by atoms with E-state index in [1.165, 1.54) is 26.9 Å². The van der Waals surface area contributed by atoms with Gasteiger partial charge in [-0.05, 0) is 65.4 Å². The fourth-order valence-electron chi connectivity index (χ4n) is 11.3. The molecule has 5 aromatic heterocycles. The van der Waals surface area contributed by atoms with Crippen molar-refractivity contribution in [1.29, 1.82) is 0 Å². The van der Waals surface area contributed by atoms with E-state index in [2.05, 4.69) is 243 Å². The highest BCUT2D eigenvalue weighted by Gasteiger charge is 2.25. The van der Waals surface area contributed by atoms with Gasteiger partial charge in [0.15, 0.2) is 11.6 Å². The van der Waals surface area contributed by atoms with Gasteiger partial charge in [0.25, 0.3) is 0 Å². The van der Waals surface area contributed by atoms with Gasteiger partial charge < -0.3 is 13.7 Å². The second-order valence-electron chi connectivity index (χ2n) is 18.0. The lowest BCUT2D eigenvalue weighted by Gasteiger charge is -2.15. The van der Waals surface area contributed by atoms with Crippen LogP contribution >= 0.6 is 0 Å². The van der Waals surface area contributed by atoms with Gasteiger partial charge in [0.1, 0.15) is 0 Å². The van der Waals surface area contributed by atoms with Crippen molar-refractivity contribution >= 4 is 98.0 Å². The van der Waals surface area contributed by atoms with Crippen LogP contribution in [-0.4, -0.2) is 33.2 Å². The number of rotatable bonds is 6. The summed E-state index contributed by atoms with van der Waals surface area (Å²) in [5, 5.41) is 11.7. The molecule has 10 aromatic carbocycles. The zero-order valence-electron chi connectivity index (χ0n) is 37.2. The molecular formula is C62H39N7. The Morgan fingerprint density at radius 3 is 1.32 bits per heavy atom. The predicted molar refractivity (Wildman–Crippen MR) is 284 cm³/mol. The molecule has 322 valence electrons. The van der Waals surface area contributed by atoms with E-state index in [4.69, 9.17) is 15.0 Å². The first-order chi connectivity index (χ1) is 34.2. The Morgan fingerprint density at radius 2 is 0.739 bits per heavy atom. The van der Waals surface area contributed by atoms with Gasteiger partial charge in [-0.1, -0.05) is 170 Å². The fourth-order valence-corrected chi connectivity index (χ4v) is 11.3. The predicted octanol–water partition coefficient (Wildman–Crippen LogP) is 15.1. The van der Waals surface area contributed by atoms with Gasteiger partial charge in [0, 0.05) is 65.5 Å². The molecule has 0 N–H and O–H groups in total. The van der Waals surface area contributed by atoms with Gasteiger partial charge >= 0.3 is 0 Å². The number of hydrogen-bond donors (Lipinski definition) is 0. The van der Waals surface area contributed by atoms with Crippen LogP contribution < -0.4 is 0 Å². The van der Waals surface area contributed by atoms with Crippen LogP contribution in [0, 0.1) is 0 Å². The maximum Gasteiger partial charge on any atom is 0.238 e. The standard InChI is InChI=1S/C62H39N7/c1-3-19-42(20-4-1)67-53-28-14-10-24-45(53)49-34-33-48-44-23-9-13-27-52(44)66(57(48)58(49)67)38-56-63-61(41-32-31-39-17-7-8-18-40(39)37-41)65-62(64-56)69-55-30-16-12-26-47(55)51-36-35-50-46-25-11-15-29-54(46)68(59(50)60(51)69)43-21-5-2-6-22-43/h1-37H,38H2. The molecular weight excluding hydrogens is 843 g/mol. The third kappa shape index (κ3) is 5.52. The third-order valence-electron chi connectivity index (χ3n) is 14.2. The first-order valence-corrected chi connectivity index (χ1v) is 23.5. The van der Waals surface area contributed by atoms with Crippen molar-refractivity contribution in [3.8, 4) is 28.7 Å². The molecule has 0 unspecified atom stereocenters. The molecule has 5 heterocycles. The van der Waals surface area contributed by atoms with Gasteiger partial charge in [-0.15, -0.1) is 0 Å². The Morgan fingerprint density at radius 1 is 0.304 bits per heavy atom. The van der Waals surface area contributed by atoms with Crippen LogP contribution in [0.2, 0.25) is 0 Å². The molecule has 0 saturated heterocycles.